The van der Waals surface area contributed by atoms with Crippen LogP contribution in [0.5, 0.6) is 5.75 Å². The van der Waals surface area contributed by atoms with E-state index in [-0.39, 0.29) is 5.03 Å². The zero-order valence-corrected chi connectivity index (χ0v) is 13.0. The number of fused-ring (bicyclic) bond motifs is 1. The Bertz CT molecular complexity index is 776. The lowest BCUT2D eigenvalue weighted by Crippen LogP contribution is -2.39. The van der Waals surface area contributed by atoms with E-state index in [9.17, 15) is 8.42 Å². The van der Waals surface area contributed by atoms with E-state index < -0.39 is 10.0 Å². The first-order valence-corrected chi connectivity index (χ1v) is 8.10. The molecule has 1 aliphatic rings. The van der Waals surface area contributed by atoms with Gasteiger partial charge in [-0.25, -0.2) is 0 Å². The Kier molecular flexibility index (Phi) is 3.16. The van der Waals surface area contributed by atoms with Gasteiger partial charge in [-0.05, 0) is 31.5 Å². The average Bonchev–Trinajstić information content (AvgIpc) is 2.77. The second kappa shape index (κ2) is 4.77. The lowest BCUT2D eigenvalue weighted by Gasteiger charge is -2.30. The number of hydrogen-bond donors (Lipinski definition) is 0. The van der Waals surface area contributed by atoms with Crippen molar-refractivity contribution in [3.8, 4) is 5.75 Å². The third kappa shape index (κ3) is 2.17. The van der Waals surface area contributed by atoms with E-state index in [2.05, 4.69) is 5.10 Å². The molecule has 0 bridgehead atoms. The summed E-state index contributed by atoms with van der Waals surface area (Å²) in [6, 6.07) is 5.52. The van der Waals surface area contributed by atoms with Crippen molar-refractivity contribution in [2.45, 2.75) is 18.9 Å². The molecule has 6 nitrogen and oxygen atoms in total. The number of anilines is 1. The first-order valence-electron chi connectivity index (χ1n) is 6.66. The molecule has 2 heterocycles. The Hall–Kier alpha value is -2.02. The predicted molar refractivity (Wildman–Crippen MR) is 79.2 cm³/mol. The van der Waals surface area contributed by atoms with Crippen molar-refractivity contribution in [1.29, 1.82) is 0 Å². The summed E-state index contributed by atoms with van der Waals surface area (Å²) < 4.78 is 34.3. The molecule has 0 aliphatic carbocycles. The molecule has 3 rings (SSSR count). The molecule has 0 amide bonds. The van der Waals surface area contributed by atoms with Gasteiger partial charge in [0.1, 0.15) is 12.4 Å². The van der Waals surface area contributed by atoms with Gasteiger partial charge < -0.3 is 4.74 Å². The van der Waals surface area contributed by atoms with Crippen molar-refractivity contribution < 1.29 is 13.2 Å². The van der Waals surface area contributed by atoms with Crippen LogP contribution in [0.1, 0.15) is 11.1 Å². The molecule has 0 spiro atoms. The first-order chi connectivity index (χ1) is 9.91. The van der Waals surface area contributed by atoms with Gasteiger partial charge >= 0.3 is 0 Å². The zero-order valence-electron chi connectivity index (χ0n) is 12.2. The van der Waals surface area contributed by atoms with E-state index in [0.717, 1.165) is 5.56 Å². The van der Waals surface area contributed by atoms with Crippen molar-refractivity contribution >= 4 is 15.7 Å². The van der Waals surface area contributed by atoms with Crippen LogP contribution in [0, 0.1) is 13.8 Å². The monoisotopic (exact) mass is 307 g/mol. The summed E-state index contributed by atoms with van der Waals surface area (Å²) in [7, 11) is -2.02. The predicted octanol–water partition coefficient (Wildman–Crippen LogP) is 1.62. The molecule has 0 saturated heterocycles. The maximum Gasteiger partial charge on any atom is 0.282 e. The Morgan fingerprint density at radius 1 is 1.29 bits per heavy atom. The average molecular weight is 307 g/mol. The molecular weight excluding hydrogens is 290 g/mol. The Morgan fingerprint density at radius 2 is 2.05 bits per heavy atom. The molecule has 0 saturated carbocycles. The van der Waals surface area contributed by atoms with Crippen molar-refractivity contribution in [3.63, 3.8) is 0 Å². The van der Waals surface area contributed by atoms with Crippen LogP contribution < -0.4 is 9.04 Å². The summed E-state index contributed by atoms with van der Waals surface area (Å²) in [6.07, 6.45) is 1.56. The molecule has 0 N–H and O–H groups in total. The van der Waals surface area contributed by atoms with Crippen molar-refractivity contribution in [3.05, 3.63) is 35.5 Å². The normalized spacial score (nSPS) is 14.7. The molecule has 1 aromatic carbocycles. The van der Waals surface area contributed by atoms with Crippen LogP contribution in [-0.4, -0.2) is 31.3 Å². The largest absolute Gasteiger partial charge is 0.489 e. The highest BCUT2D eigenvalue weighted by atomic mass is 32.2. The molecule has 7 heteroatoms. The minimum absolute atomic E-state index is 0.218. The van der Waals surface area contributed by atoms with E-state index >= 15 is 0 Å². The lowest BCUT2D eigenvalue weighted by molar-refractivity contribution is 0.315. The van der Waals surface area contributed by atoms with E-state index in [1.165, 1.54) is 8.99 Å². The molecular formula is C14H17N3O3S. The van der Waals surface area contributed by atoms with Gasteiger partial charge in [0.05, 0.1) is 18.4 Å². The summed E-state index contributed by atoms with van der Waals surface area (Å²) in [5.41, 5.74) is 2.25. The number of ether oxygens (including phenoxy) is 1. The number of aromatic nitrogens is 2. The quantitative estimate of drug-likeness (QED) is 0.846. The third-order valence-corrected chi connectivity index (χ3v) is 5.56. The van der Waals surface area contributed by atoms with Gasteiger partial charge in [-0.2, -0.15) is 13.5 Å². The van der Waals surface area contributed by atoms with Crippen LogP contribution in [0.25, 0.3) is 0 Å². The van der Waals surface area contributed by atoms with Crippen molar-refractivity contribution in [2.75, 3.05) is 17.5 Å². The summed E-state index contributed by atoms with van der Waals surface area (Å²) >= 11 is 0. The smallest absolute Gasteiger partial charge is 0.282 e. The summed E-state index contributed by atoms with van der Waals surface area (Å²) in [5, 5.41) is 4.25. The fraction of sp³-hybridized carbons (Fsp3) is 0.357. The SMILES string of the molecule is Cc1ccc2c(c1)OCCN2S(=O)(=O)c1c(C)cnn1C. The van der Waals surface area contributed by atoms with Crippen LogP contribution in [0.4, 0.5) is 5.69 Å². The highest BCUT2D eigenvalue weighted by molar-refractivity contribution is 7.92. The van der Waals surface area contributed by atoms with E-state index in [1.54, 1.807) is 26.2 Å². The first kappa shape index (κ1) is 13.9. The van der Waals surface area contributed by atoms with Gasteiger partial charge in [-0.15, -0.1) is 0 Å². The topological polar surface area (TPSA) is 64.4 Å². The van der Waals surface area contributed by atoms with E-state index in [4.69, 9.17) is 4.74 Å². The zero-order chi connectivity index (χ0) is 15.2. The highest BCUT2D eigenvalue weighted by Crippen LogP contribution is 2.36. The molecule has 21 heavy (non-hydrogen) atoms. The minimum atomic E-state index is -3.65. The molecule has 112 valence electrons. The highest BCUT2D eigenvalue weighted by Gasteiger charge is 2.33. The Labute approximate surface area is 124 Å². The summed E-state index contributed by atoms with van der Waals surface area (Å²) in [4.78, 5) is 0. The van der Waals surface area contributed by atoms with Gasteiger partial charge in [-0.1, -0.05) is 6.07 Å². The van der Waals surface area contributed by atoms with Crippen LogP contribution >= 0.6 is 0 Å². The van der Waals surface area contributed by atoms with E-state index in [0.29, 0.717) is 30.2 Å². The minimum Gasteiger partial charge on any atom is -0.489 e. The van der Waals surface area contributed by atoms with Crippen LogP contribution in [0.15, 0.2) is 29.4 Å². The molecule has 0 atom stereocenters. The Morgan fingerprint density at radius 3 is 2.71 bits per heavy atom. The summed E-state index contributed by atoms with van der Waals surface area (Å²) in [6.45, 7) is 4.33. The fourth-order valence-electron chi connectivity index (χ4n) is 2.56. The fourth-order valence-corrected chi connectivity index (χ4v) is 4.34. The maximum atomic E-state index is 12.9. The number of nitrogens with zero attached hydrogens (tertiary/aromatic N) is 3. The maximum absolute atomic E-state index is 12.9. The summed E-state index contributed by atoms with van der Waals surface area (Å²) in [5.74, 6) is 0.602. The van der Waals surface area contributed by atoms with Gasteiger partial charge in [0.2, 0.25) is 0 Å². The number of aryl methyl sites for hydroxylation is 3. The third-order valence-electron chi connectivity index (χ3n) is 3.53. The number of hydrogen-bond acceptors (Lipinski definition) is 4. The molecule has 1 aliphatic heterocycles. The molecule has 0 unspecified atom stereocenters. The lowest BCUT2D eigenvalue weighted by atomic mass is 10.2. The number of sulfonamides is 1. The number of benzene rings is 1. The van der Waals surface area contributed by atoms with Crippen LogP contribution in [-0.2, 0) is 17.1 Å². The molecule has 2 aromatic rings. The molecule has 0 radical (unpaired) electrons. The van der Waals surface area contributed by atoms with Crippen LogP contribution in [0.2, 0.25) is 0 Å². The van der Waals surface area contributed by atoms with Gasteiger partial charge in [0.25, 0.3) is 10.0 Å². The van der Waals surface area contributed by atoms with Crippen LogP contribution in [0.3, 0.4) is 0 Å². The van der Waals surface area contributed by atoms with Crippen molar-refractivity contribution in [2.24, 2.45) is 7.05 Å². The molecule has 1 aromatic heterocycles. The van der Waals surface area contributed by atoms with Crippen molar-refractivity contribution in [1.82, 2.24) is 9.78 Å². The van der Waals surface area contributed by atoms with E-state index in [1.807, 2.05) is 19.1 Å². The second-order valence-corrected chi connectivity index (χ2v) is 6.93. The molecule has 0 fully saturated rings. The van der Waals surface area contributed by atoms with Gasteiger partial charge in [0.15, 0.2) is 5.03 Å². The second-order valence-electron chi connectivity index (χ2n) is 5.15. The Balaban J connectivity index is 2.14. The standard InChI is InChI=1S/C14H17N3O3S/c1-10-4-5-12-13(8-10)20-7-6-17(12)21(18,19)14-11(2)9-15-16(14)3/h4-5,8-9H,6-7H2,1-3H3. The number of rotatable bonds is 2. The van der Waals surface area contributed by atoms with Gasteiger partial charge in [0, 0.05) is 12.6 Å². The van der Waals surface area contributed by atoms with Gasteiger partial charge in [-0.3, -0.25) is 8.99 Å².